The molecule has 0 spiro atoms. The Morgan fingerprint density at radius 1 is 0.966 bits per heavy atom. The smallest absolute Gasteiger partial charge is 0.345 e. The molecule has 2 aromatic heterocycles. The van der Waals surface area contributed by atoms with Gasteiger partial charge in [-0.1, -0.05) is 42.5 Å². The van der Waals surface area contributed by atoms with E-state index in [1.54, 1.807) is 4.57 Å². The number of piperidine rings is 1. The van der Waals surface area contributed by atoms with Crippen molar-refractivity contribution in [3.05, 3.63) is 76.8 Å². The van der Waals surface area contributed by atoms with Gasteiger partial charge in [-0.15, -0.1) is 0 Å². The molecule has 5 nitrogen and oxygen atoms in total. The number of fused-ring (bicyclic) bond motifs is 3. The van der Waals surface area contributed by atoms with Crippen LogP contribution in [0.3, 0.4) is 0 Å². The van der Waals surface area contributed by atoms with Crippen molar-refractivity contribution in [2.24, 2.45) is 5.92 Å². The van der Waals surface area contributed by atoms with Crippen molar-refractivity contribution in [1.29, 1.82) is 0 Å². The third-order valence-corrected chi connectivity index (χ3v) is 6.28. The molecule has 3 heterocycles. The maximum Gasteiger partial charge on any atom is 0.361 e. The molecule has 1 saturated heterocycles. The number of benzene rings is 2. The van der Waals surface area contributed by atoms with E-state index in [9.17, 15) is 4.79 Å². The zero-order valence-corrected chi connectivity index (χ0v) is 16.6. The van der Waals surface area contributed by atoms with Crippen molar-refractivity contribution in [2.45, 2.75) is 25.8 Å². The number of hydrogen-bond donors (Lipinski definition) is 1. The van der Waals surface area contributed by atoms with Gasteiger partial charge in [0.05, 0.1) is 5.52 Å². The lowest BCUT2D eigenvalue weighted by Crippen LogP contribution is -2.38. The molecule has 1 aliphatic heterocycles. The maximum absolute atomic E-state index is 12.9. The Kier molecular flexibility index (Phi) is 4.90. The van der Waals surface area contributed by atoms with E-state index >= 15 is 0 Å². The Bertz CT molecular complexity index is 1170. The zero-order chi connectivity index (χ0) is 19.6. The van der Waals surface area contributed by atoms with Crippen LogP contribution in [0.2, 0.25) is 0 Å². The van der Waals surface area contributed by atoms with E-state index in [0.29, 0.717) is 12.1 Å². The van der Waals surface area contributed by atoms with E-state index in [4.69, 9.17) is 0 Å². The van der Waals surface area contributed by atoms with Crippen molar-refractivity contribution in [3.8, 4) is 0 Å². The van der Waals surface area contributed by atoms with Crippen LogP contribution in [0.15, 0.2) is 65.7 Å². The van der Waals surface area contributed by atoms with E-state index in [2.05, 4.69) is 45.2 Å². The molecule has 0 saturated carbocycles. The van der Waals surface area contributed by atoms with E-state index in [-0.39, 0.29) is 5.56 Å². The van der Waals surface area contributed by atoms with E-state index in [1.807, 2.05) is 30.6 Å². The Balaban J connectivity index is 1.22. The molecule has 0 bridgehead atoms. The first kappa shape index (κ1) is 18.1. The lowest BCUT2D eigenvalue weighted by Gasteiger charge is -2.31. The van der Waals surface area contributed by atoms with Crippen LogP contribution in [0.25, 0.3) is 21.9 Å². The van der Waals surface area contributed by atoms with Gasteiger partial charge in [0, 0.05) is 11.9 Å². The molecule has 29 heavy (non-hydrogen) atoms. The fraction of sp³-hybridized carbons (Fsp3) is 0.333. The van der Waals surface area contributed by atoms with Gasteiger partial charge in [-0.3, -0.25) is 4.90 Å². The molecule has 2 N–H and O–H groups in total. The van der Waals surface area contributed by atoms with E-state index in [1.165, 1.54) is 24.8 Å². The average molecular weight is 388 g/mol. The summed E-state index contributed by atoms with van der Waals surface area (Å²) >= 11 is 0. The highest BCUT2D eigenvalue weighted by molar-refractivity contribution is 6.02. The highest BCUT2D eigenvalue weighted by Crippen LogP contribution is 2.22. The topological polar surface area (TPSA) is 55.2 Å². The number of nitrogens with one attached hydrogen (secondary N) is 2. The van der Waals surface area contributed by atoms with Crippen molar-refractivity contribution in [3.63, 3.8) is 0 Å². The number of rotatable bonds is 5. The molecule has 0 atom stereocenters. The summed E-state index contributed by atoms with van der Waals surface area (Å²) in [6.45, 7) is 3.86. The lowest BCUT2D eigenvalue weighted by atomic mass is 9.90. The van der Waals surface area contributed by atoms with Crippen LogP contribution >= 0.6 is 0 Å². The number of aromatic amines is 2. The minimum atomic E-state index is 0.0499. The quantitative estimate of drug-likeness (QED) is 0.571. The largest absolute Gasteiger partial charge is 0.361 e. The fourth-order valence-corrected chi connectivity index (χ4v) is 4.57. The van der Waals surface area contributed by atoms with Gasteiger partial charge < -0.3 is 4.98 Å². The van der Waals surface area contributed by atoms with Gasteiger partial charge in [0.2, 0.25) is 6.33 Å². The third-order valence-electron chi connectivity index (χ3n) is 6.28. The summed E-state index contributed by atoms with van der Waals surface area (Å²) in [4.78, 5) is 22.0. The number of para-hydroxylation sites is 1. The van der Waals surface area contributed by atoms with E-state index in [0.717, 1.165) is 42.0 Å². The lowest BCUT2D eigenvalue weighted by molar-refractivity contribution is -0.352. The van der Waals surface area contributed by atoms with Crippen molar-refractivity contribution in [2.75, 3.05) is 19.6 Å². The van der Waals surface area contributed by atoms with Crippen LogP contribution in [-0.4, -0.2) is 34.1 Å². The first-order valence-electron chi connectivity index (χ1n) is 10.6. The number of likely N-dealkylation sites (tertiary alicyclic amines) is 1. The third kappa shape index (κ3) is 3.70. The summed E-state index contributed by atoms with van der Waals surface area (Å²) in [5.74, 6) is 0.771. The Morgan fingerprint density at radius 3 is 2.55 bits per heavy atom. The molecule has 0 unspecified atom stereocenters. The fourth-order valence-electron chi connectivity index (χ4n) is 4.57. The van der Waals surface area contributed by atoms with E-state index < -0.39 is 0 Å². The van der Waals surface area contributed by atoms with Crippen LogP contribution in [0, 0.1) is 5.92 Å². The molecule has 0 radical (unpaired) electrons. The second-order valence-electron chi connectivity index (χ2n) is 8.17. The summed E-state index contributed by atoms with van der Waals surface area (Å²) in [6, 6.07) is 18.8. The monoisotopic (exact) mass is 387 g/mol. The van der Waals surface area contributed by atoms with Gasteiger partial charge >= 0.3 is 5.56 Å². The van der Waals surface area contributed by atoms with Crippen LogP contribution in [-0.2, 0) is 13.0 Å². The standard InChI is InChI=1S/C24H26N4O/c29-24-23-22(20-8-4-5-9-21(20)26-23)25-17-28(24)15-14-27-12-10-19(11-13-27)16-18-6-2-1-3-7-18/h1-9,17,19,26H,10-16H2/p+1. The number of nitrogens with zero attached hydrogens (tertiary/aromatic N) is 2. The second kappa shape index (κ2) is 7.84. The highest BCUT2D eigenvalue weighted by atomic mass is 16.1. The summed E-state index contributed by atoms with van der Waals surface area (Å²) in [6.07, 6.45) is 5.47. The molecular formula is C24H27N4O+. The first-order valence-corrected chi connectivity index (χ1v) is 10.6. The first-order chi connectivity index (χ1) is 14.3. The van der Waals surface area contributed by atoms with Crippen LogP contribution in [0.4, 0.5) is 0 Å². The SMILES string of the molecule is O=c1c2[nH]c3ccccc3c2[nH+]cn1CCN1CCC(Cc2ccccc2)CC1. The van der Waals surface area contributed by atoms with Crippen LogP contribution in [0.5, 0.6) is 0 Å². The molecular weight excluding hydrogens is 360 g/mol. The minimum Gasteiger partial charge on any atom is -0.345 e. The summed E-state index contributed by atoms with van der Waals surface area (Å²) in [5.41, 5.74) is 4.04. The van der Waals surface area contributed by atoms with Gasteiger partial charge in [-0.05, 0) is 56.0 Å². The maximum atomic E-state index is 12.9. The second-order valence-corrected chi connectivity index (χ2v) is 8.17. The molecule has 5 rings (SSSR count). The average Bonchev–Trinajstić information content (AvgIpc) is 3.15. The summed E-state index contributed by atoms with van der Waals surface area (Å²) in [7, 11) is 0. The zero-order valence-electron chi connectivity index (χ0n) is 16.6. The molecule has 0 aliphatic carbocycles. The molecule has 2 aromatic carbocycles. The van der Waals surface area contributed by atoms with Crippen molar-refractivity contribution in [1.82, 2.24) is 14.5 Å². The molecule has 4 aromatic rings. The van der Waals surface area contributed by atoms with Crippen molar-refractivity contribution < 1.29 is 4.98 Å². The molecule has 1 fully saturated rings. The Morgan fingerprint density at radius 2 is 1.72 bits per heavy atom. The van der Waals surface area contributed by atoms with Gasteiger partial charge in [-0.25, -0.2) is 9.78 Å². The van der Waals surface area contributed by atoms with Crippen molar-refractivity contribution >= 4 is 21.9 Å². The molecule has 5 heteroatoms. The number of H-pyrrole nitrogens is 2. The minimum absolute atomic E-state index is 0.0499. The van der Waals surface area contributed by atoms with Gasteiger partial charge in [0.15, 0.2) is 11.0 Å². The summed E-state index contributed by atoms with van der Waals surface area (Å²) < 4.78 is 1.80. The molecule has 1 aliphatic rings. The Labute approximate surface area is 170 Å². The highest BCUT2D eigenvalue weighted by Gasteiger charge is 2.21. The van der Waals surface area contributed by atoms with Gasteiger partial charge in [0.25, 0.3) is 0 Å². The van der Waals surface area contributed by atoms with Gasteiger partial charge in [0.1, 0.15) is 6.54 Å². The predicted molar refractivity (Wildman–Crippen MR) is 116 cm³/mol. The van der Waals surface area contributed by atoms with Gasteiger partial charge in [-0.2, -0.15) is 4.57 Å². The van der Waals surface area contributed by atoms with Crippen LogP contribution in [0.1, 0.15) is 18.4 Å². The van der Waals surface area contributed by atoms with Crippen LogP contribution < -0.4 is 10.5 Å². The number of hydrogen-bond acceptors (Lipinski definition) is 2. The Hall–Kier alpha value is -2.92. The number of aromatic nitrogens is 3. The molecule has 0 amide bonds. The molecule has 148 valence electrons. The normalized spacial score (nSPS) is 16.0. The predicted octanol–water partition coefficient (Wildman–Crippen LogP) is 3.25. The summed E-state index contributed by atoms with van der Waals surface area (Å²) in [5, 5.41) is 1.06.